The van der Waals surface area contributed by atoms with E-state index in [2.05, 4.69) is 4.90 Å². The van der Waals surface area contributed by atoms with Gasteiger partial charge in [-0.15, -0.1) is 0 Å². The molecule has 6 nitrogen and oxygen atoms in total. The molecule has 0 aromatic rings. The Morgan fingerprint density at radius 1 is 1.33 bits per heavy atom. The van der Waals surface area contributed by atoms with Gasteiger partial charge in [0.1, 0.15) is 0 Å². The van der Waals surface area contributed by atoms with Gasteiger partial charge in [-0.05, 0) is 19.3 Å². The molecule has 0 aromatic carbocycles. The molecule has 1 saturated carbocycles. The number of carbonyl (C=O) groups excluding carboxylic acids is 1. The number of hydrogen-bond acceptors (Lipinski definition) is 4. The number of nitrogens with zero attached hydrogens (tertiary/aromatic N) is 2. The van der Waals surface area contributed by atoms with Gasteiger partial charge < -0.3 is 14.7 Å². The van der Waals surface area contributed by atoms with Crippen molar-refractivity contribution in [3.8, 4) is 0 Å². The first kappa shape index (κ1) is 16.2. The van der Waals surface area contributed by atoms with Crippen molar-refractivity contribution in [1.29, 1.82) is 0 Å². The summed E-state index contributed by atoms with van der Waals surface area (Å²) in [5, 5.41) is 9.04. The van der Waals surface area contributed by atoms with Crippen molar-refractivity contribution in [2.45, 2.75) is 26.2 Å². The molecule has 0 bridgehead atoms. The number of morpholine rings is 1. The zero-order chi connectivity index (χ0) is 15.2. The van der Waals surface area contributed by atoms with Crippen molar-refractivity contribution in [3.63, 3.8) is 0 Å². The molecule has 2 aliphatic rings. The van der Waals surface area contributed by atoms with E-state index in [0.717, 1.165) is 52.1 Å². The van der Waals surface area contributed by atoms with Crippen LogP contribution in [0, 0.1) is 11.8 Å². The topological polar surface area (TPSA) is 70.1 Å². The Morgan fingerprint density at radius 3 is 2.57 bits per heavy atom. The molecule has 1 amide bonds. The highest BCUT2D eigenvalue weighted by Gasteiger charge is 2.34. The largest absolute Gasteiger partial charge is 0.481 e. The van der Waals surface area contributed by atoms with Crippen LogP contribution in [-0.4, -0.2) is 72.7 Å². The monoisotopic (exact) mass is 298 g/mol. The molecule has 1 unspecified atom stereocenters. The van der Waals surface area contributed by atoms with Crippen LogP contribution < -0.4 is 0 Å². The fourth-order valence-electron chi connectivity index (χ4n) is 2.60. The second kappa shape index (κ2) is 7.75. The molecule has 1 saturated heterocycles. The van der Waals surface area contributed by atoms with E-state index in [1.807, 2.05) is 0 Å². The van der Waals surface area contributed by atoms with E-state index in [0.29, 0.717) is 13.1 Å². The van der Waals surface area contributed by atoms with Gasteiger partial charge in [0.15, 0.2) is 0 Å². The predicted octanol–water partition coefficient (Wildman–Crippen LogP) is 0.668. The Labute approximate surface area is 126 Å². The maximum absolute atomic E-state index is 12.2. The number of aliphatic carboxylic acids is 1. The van der Waals surface area contributed by atoms with Crippen molar-refractivity contribution in [2.75, 3.05) is 45.9 Å². The standard InChI is InChI=1S/C15H26N2O4/c1-12(15(19)20)11-17(14(18)13-3-4-13)6-2-5-16-7-9-21-10-8-16/h12-13H,2-11H2,1H3,(H,19,20). The molecule has 0 spiro atoms. The number of carboxylic acids is 1. The van der Waals surface area contributed by atoms with Crippen molar-refractivity contribution in [2.24, 2.45) is 11.8 Å². The van der Waals surface area contributed by atoms with Gasteiger partial charge in [-0.25, -0.2) is 0 Å². The summed E-state index contributed by atoms with van der Waals surface area (Å²) in [4.78, 5) is 27.3. The molecule has 1 N–H and O–H groups in total. The smallest absolute Gasteiger partial charge is 0.308 e. The van der Waals surface area contributed by atoms with Crippen LogP contribution in [0.2, 0.25) is 0 Å². The summed E-state index contributed by atoms with van der Waals surface area (Å²) >= 11 is 0. The van der Waals surface area contributed by atoms with E-state index in [9.17, 15) is 9.59 Å². The lowest BCUT2D eigenvalue weighted by Crippen LogP contribution is -2.41. The van der Waals surface area contributed by atoms with Crippen molar-refractivity contribution in [1.82, 2.24) is 9.80 Å². The predicted molar refractivity (Wildman–Crippen MR) is 78.0 cm³/mol. The normalized spacial score (nSPS) is 21.0. The van der Waals surface area contributed by atoms with Crippen LogP contribution in [-0.2, 0) is 14.3 Å². The Bertz CT molecular complexity index is 365. The molecule has 2 rings (SSSR count). The van der Waals surface area contributed by atoms with E-state index in [-0.39, 0.29) is 11.8 Å². The summed E-state index contributed by atoms with van der Waals surface area (Å²) in [7, 11) is 0. The fraction of sp³-hybridized carbons (Fsp3) is 0.867. The lowest BCUT2D eigenvalue weighted by Gasteiger charge is -2.29. The molecule has 0 radical (unpaired) electrons. The molecule has 120 valence electrons. The quantitative estimate of drug-likeness (QED) is 0.713. The van der Waals surface area contributed by atoms with Crippen molar-refractivity contribution >= 4 is 11.9 Å². The zero-order valence-corrected chi connectivity index (χ0v) is 12.8. The number of ether oxygens (including phenoxy) is 1. The molecule has 21 heavy (non-hydrogen) atoms. The minimum Gasteiger partial charge on any atom is -0.481 e. The van der Waals surface area contributed by atoms with Crippen LogP contribution in [0.25, 0.3) is 0 Å². The fourth-order valence-corrected chi connectivity index (χ4v) is 2.60. The Kier molecular flexibility index (Phi) is 5.99. The second-order valence-electron chi connectivity index (χ2n) is 6.11. The van der Waals surface area contributed by atoms with Crippen molar-refractivity contribution in [3.05, 3.63) is 0 Å². The molecular formula is C15H26N2O4. The third kappa shape index (κ3) is 5.28. The zero-order valence-electron chi connectivity index (χ0n) is 12.8. The molecule has 2 fully saturated rings. The van der Waals surface area contributed by atoms with E-state index in [1.54, 1.807) is 11.8 Å². The van der Waals surface area contributed by atoms with Gasteiger partial charge in [-0.2, -0.15) is 0 Å². The lowest BCUT2D eigenvalue weighted by atomic mass is 10.1. The molecule has 1 atom stereocenters. The SMILES string of the molecule is CC(CN(CCCN1CCOCC1)C(=O)C1CC1)C(=O)O. The van der Waals surface area contributed by atoms with Gasteiger partial charge in [-0.1, -0.05) is 6.92 Å². The second-order valence-corrected chi connectivity index (χ2v) is 6.11. The summed E-state index contributed by atoms with van der Waals surface area (Å²) < 4.78 is 5.31. The lowest BCUT2D eigenvalue weighted by molar-refractivity contribution is -0.143. The Hall–Kier alpha value is -1.14. The van der Waals surface area contributed by atoms with Gasteiger partial charge >= 0.3 is 5.97 Å². The number of carboxylic acid groups (broad SMARTS) is 1. The Balaban J connectivity index is 1.77. The average Bonchev–Trinajstić information content (AvgIpc) is 3.31. The first-order chi connectivity index (χ1) is 10.1. The van der Waals surface area contributed by atoms with Crippen LogP contribution in [0.1, 0.15) is 26.2 Å². The highest BCUT2D eigenvalue weighted by atomic mass is 16.5. The number of rotatable bonds is 8. The molecule has 0 aromatic heterocycles. The van der Waals surface area contributed by atoms with Gasteiger partial charge in [0.25, 0.3) is 0 Å². The summed E-state index contributed by atoms with van der Waals surface area (Å²) in [6.07, 6.45) is 2.81. The van der Waals surface area contributed by atoms with Crippen LogP contribution in [0.15, 0.2) is 0 Å². The van der Waals surface area contributed by atoms with E-state index in [1.165, 1.54) is 0 Å². The van der Waals surface area contributed by atoms with Gasteiger partial charge in [0, 0.05) is 38.6 Å². The van der Waals surface area contributed by atoms with Crippen molar-refractivity contribution < 1.29 is 19.4 Å². The van der Waals surface area contributed by atoms with Crippen LogP contribution in [0.4, 0.5) is 0 Å². The summed E-state index contributed by atoms with van der Waals surface area (Å²) in [6.45, 7) is 7.04. The Morgan fingerprint density at radius 2 is 2.00 bits per heavy atom. The molecule has 1 heterocycles. The molecular weight excluding hydrogens is 272 g/mol. The van der Waals surface area contributed by atoms with Crippen LogP contribution >= 0.6 is 0 Å². The first-order valence-electron chi connectivity index (χ1n) is 7.89. The summed E-state index contributed by atoms with van der Waals surface area (Å²) in [6, 6.07) is 0. The molecule has 1 aliphatic carbocycles. The average molecular weight is 298 g/mol. The maximum Gasteiger partial charge on any atom is 0.308 e. The highest BCUT2D eigenvalue weighted by molar-refractivity contribution is 5.81. The van der Waals surface area contributed by atoms with E-state index < -0.39 is 11.9 Å². The van der Waals surface area contributed by atoms with E-state index in [4.69, 9.17) is 9.84 Å². The maximum atomic E-state index is 12.2. The number of amides is 1. The number of carbonyl (C=O) groups is 2. The molecule has 6 heteroatoms. The third-order valence-electron chi connectivity index (χ3n) is 4.16. The molecule has 1 aliphatic heterocycles. The minimum absolute atomic E-state index is 0.144. The number of hydrogen-bond donors (Lipinski definition) is 1. The summed E-state index contributed by atoms with van der Waals surface area (Å²) in [5.41, 5.74) is 0. The van der Waals surface area contributed by atoms with Gasteiger partial charge in [0.05, 0.1) is 19.1 Å². The van der Waals surface area contributed by atoms with Crippen LogP contribution in [0.3, 0.4) is 0 Å². The summed E-state index contributed by atoms with van der Waals surface area (Å²) in [5.74, 6) is -1.05. The van der Waals surface area contributed by atoms with E-state index >= 15 is 0 Å². The minimum atomic E-state index is -0.836. The van der Waals surface area contributed by atoms with Crippen LogP contribution in [0.5, 0.6) is 0 Å². The highest BCUT2D eigenvalue weighted by Crippen LogP contribution is 2.31. The first-order valence-corrected chi connectivity index (χ1v) is 7.89. The third-order valence-corrected chi connectivity index (χ3v) is 4.16. The van der Waals surface area contributed by atoms with Gasteiger partial charge in [0.2, 0.25) is 5.91 Å². The van der Waals surface area contributed by atoms with Gasteiger partial charge in [-0.3, -0.25) is 14.5 Å².